The van der Waals surface area contributed by atoms with E-state index in [1.54, 1.807) is 36.4 Å². The molecule has 1 atom stereocenters. The predicted molar refractivity (Wildman–Crippen MR) is 122 cm³/mol. The molecule has 2 aromatic rings. The van der Waals surface area contributed by atoms with E-state index in [0.29, 0.717) is 33.4 Å². The highest BCUT2D eigenvalue weighted by atomic mass is 35.5. The number of amides is 2. The summed E-state index contributed by atoms with van der Waals surface area (Å²) >= 11 is 6.07. The zero-order valence-corrected chi connectivity index (χ0v) is 19.1. The lowest BCUT2D eigenvalue weighted by Crippen LogP contribution is -2.48. The average Bonchev–Trinajstić information content (AvgIpc) is 3.21. The molecule has 0 aromatic heterocycles. The lowest BCUT2D eigenvalue weighted by molar-refractivity contribution is -0.123. The van der Waals surface area contributed by atoms with Gasteiger partial charge in [0.2, 0.25) is 6.79 Å². The van der Waals surface area contributed by atoms with Crippen molar-refractivity contribution in [2.24, 2.45) is 11.0 Å². The Morgan fingerprint density at radius 1 is 1.09 bits per heavy atom. The van der Waals surface area contributed by atoms with Gasteiger partial charge in [0.15, 0.2) is 11.5 Å². The van der Waals surface area contributed by atoms with Gasteiger partial charge in [-0.2, -0.15) is 5.10 Å². The number of carbonyl (C=O) groups is 2. The van der Waals surface area contributed by atoms with Crippen LogP contribution in [-0.4, -0.2) is 37.0 Å². The van der Waals surface area contributed by atoms with Crippen LogP contribution in [0.15, 0.2) is 41.5 Å². The zero-order valence-electron chi connectivity index (χ0n) is 18.3. The summed E-state index contributed by atoms with van der Waals surface area (Å²) in [6, 6.07) is 9.22. The number of nitrogens with zero attached hydrogens (tertiary/aromatic N) is 1. The Labute approximate surface area is 191 Å². The van der Waals surface area contributed by atoms with E-state index in [1.165, 1.54) is 6.21 Å². The second-order valence-electron chi connectivity index (χ2n) is 7.85. The van der Waals surface area contributed by atoms with Gasteiger partial charge in [0, 0.05) is 16.1 Å². The van der Waals surface area contributed by atoms with Crippen molar-refractivity contribution in [2.75, 3.05) is 6.79 Å². The number of ether oxygens (including phenoxy) is 3. The average molecular weight is 460 g/mol. The number of nitrogens with one attached hydrogen (secondary N) is 2. The molecule has 0 saturated carbocycles. The number of fused-ring (bicyclic) bond motifs is 1. The standard InChI is InChI=1S/C23H26ClN3O5/c1-13(2)21(26-22(28)15-5-7-19-20(10-15)31-12-30-19)23(29)27-25-11-16-9-17(24)6-8-18(16)32-14(3)4/h5-11,13-14,21H,12H2,1-4H3,(H,26,28)(H,27,29)/b25-11+. The summed E-state index contributed by atoms with van der Waals surface area (Å²) in [5.74, 6) is 0.653. The van der Waals surface area contributed by atoms with E-state index in [4.69, 9.17) is 25.8 Å². The molecule has 3 rings (SSSR count). The maximum absolute atomic E-state index is 12.7. The highest BCUT2D eigenvalue weighted by Gasteiger charge is 2.25. The summed E-state index contributed by atoms with van der Waals surface area (Å²) in [6.45, 7) is 7.60. The summed E-state index contributed by atoms with van der Waals surface area (Å²) < 4.78 is 16.3. The molecule has 1 aliphatic rings. The Balaban J connectivity index is 1.67. The van der Waals surface area contributed by atoms with E-state index in [1.807, 2.05) is 27.7 Å². The van der Waals surface area contributed by atoms with Gasteiger partial charge in [0.05, 0.1) is 12.3 Å². The molecule has 1 aliphatic heterocycles. The lowest BCUT2D eigenvalue weighted by atomic mass is 10.0. The van der Waals surface area contributed by atoms with E-state index in [-0.39, 0.29) is 18.8 Å². The van der Waals surface area contributed by atoms with Crippen LogP contribution in [0.4, 0.5) is 0 Å². The second-order valence-corrected chi connectivity index (χ2v) is 8.28. The Hall–Kier alpha value is -3.26. The van der Waals surface area contributed by atoms with Crippen LogP contribution in [0.3, 0.4) is 0 Å². The second kappa shape index (κ2) is 10.4. The molecule has 0 saturated heterocycles. The van der Waals surface area contributed by atoms with Crippen molar-refractivity contribution in [1.82, 2.24) is 10.7 Å². The molecule has 0 fully saturated rings. The summed E-state index contributed by atoms with van der Waals surface area (Å²) in [4.78, 5) is 25.4. The maximum atomic E-state index is 12.7. The van der Waals surface area contributed by atoms with Gasteiger partial charge in [0.1, 0.15) is 11.8 Å². The quantitative estimate of drug-likeness (QED) is 0.462. The molecule has 2 aromatic carbocycles. The van der Waals surface area contributed by atoms with Crippen molar-refractivity contribution < 1.29 is 23.8 Å². The van der Waals surface area contributed by atoms with Gasteiger partial charge in [0.25, 0.3) is 11.8 Å². The van der Waals surface area contributed by atoms with E-state index in [2.05, 4.69) is 15.8 Å². The molecular weight excluding hydrogens is 434 g/mol. The third-order valence-electron chi connectivity index (χ3n) is 4.58. The lowest BCUT2D eigenvalue weighted by Gasteiger charge is -2.20. The summed E-state index contributed by atoms with van der Waals surface area (Å²) in [6.07, 6.45) is 1.42. The summed E-state index contributed by atoms with van der Waals surface area (Å²) in [5.41, 5.74) is 3.47. The Morgan fingerprint density at radius 3 is 2.56 bits per heavy atom. The van der Waals surface area contributed by atoms with Crippen molar-refractivity contribution in [2.45, 2.75) is 39.8 Å². The van der Waals surface area contributed by atoms with Gasteiger partial charge in [-0.15, -0.1) is 0 Å². The van der Waals surface area contributed by atoms with Gasteiger partial charge < -0.3 is 19.5 Å². The molecule has 0 spiro atoms. The fourth-order valence-corrected chi connectivity index (χ4v) is 3.19. The minimum Gasteiger partial charge on any atom is -0.490 e. The smallest absolute Gasteiger partial charge is 0.262 e. The molecule has 8 nitrogen and oxygen atoms in total. The summed E-state index contributed by atoms with van der Waals surface area (Å²) in [5, 5.41) is 7.30. The number of rotatable bonds is 8. The number of hydrogen-bond acceptors (Lipinski definition) is 6. The molecule has 1 unspecified atom stereocenters. The normalized spacial score (nSPS) is 13.5. The maximum Gasteiger partial charge on any atom is 0.262 e. The number of halogens is 1. The van der Waals surface area contributed by atoms with Crippen LogP contribution < -0.4 is 25.0 Å². The van der Waals surface area contributed by atoms with Gasteiger partial charge in [-0.25, -0.2) is 5.43 Å². The van der Waals surface area contributed by atoms with Gasteiger partial charge in [-0.1, -0.05) is 25.4 Å². The molecule has 2 N–H and O–H groups in total. The minimum absolute atomic E-state index is 0.0328. The number of hydrazone groups is 1. The van der Waals surface area contributed by atoms with Crippen LogP contribution in [-0.2, 0) is 4.79 Å². The molecular formula is C23H26ClN3O5. The van der Waals surface area contributed by atoms with Crippen molar-refractivity contribution >= 4 is 29.6 Å². The van der Waals surface area contributed by atoms with E-state index in [0.717, 1.165) is 0 Å². The van der Waals surface area contributed by atoms with Crippen molar-refractivity contribution in [3.63, 3.8) is 0 Å². The Kier molecular flexibility index (Phi) is 7.58. The Morgan fingerprint density at radius 2 is 1.84 bits per heavy atom. The SMILES string of the molecule is CC(C)Oc1ccc(Cl)cc1/C=N/NC(=O)C(NC(=O)c1ccc2c(c1)OCO2)C(C)C. The van der Waals surface area contributed by atoms with Crippen molar-refractivity contribution in [1.29, 1.82) is 0 Å². The molecule has 9 heteroatoms. The van der Waals surface area contributed by atoms with Crippen LogP contribution in [0.25, 0.3) is 0 Å². The third-order valence-corrected chi connectivity index (χ3v) is 4.82. The highest BCUT2D eigenvalue weighted by molar-refractivity contribution is 6.30. The van der Waals surface area contributed by atoms with E-state index >= 15 is 0 Å². The molecule has 0 aliphatic carbocycles. The van der Waals surface area contributed by atoms with E-state index in [9.17, 15) is 9.59 Å². The fourth-order valence-electron chi connectivity index (χ4n) is 3.01. The first-order valence-corrected chi connectivity index (χ1v) is 10.6. The zero-order chi connectivity index (χ0) is 23.3. The minimum atomic E-state index is -0.796. The number of hydrogen-bond donors (Lipinski definition) is 2. The molecule has 1 heterocycles. The van der Waals surface area contributed by atoms with Crippen LogP contribution >= 0.6 is 11.6 Å². The highest BCUT2D eigenvalue weighted by Crippen LogP contribution is 2.32. The number of carbonyl (C=O) groups excluding carboxylic acids is 2. The summed E-state index contributed by atoms with van der Waals surface area (Å²) in [7, 11) is 0. The van der Waals surface area contributed by atoms with E-state index < -0.39 is 17.9 Å². The first-order valence-electron chi connectivity index (χ1n) is 10.2. The topological polar surface area (TPSA) is 98.2 Å². The van der Waals surface area contributed by atoms with Crippen LogP contribution in [0.1, 0.15) is 43.6 Å². The third kappa shape index (κ3) is 5.91. The first-order chi connectivity index (χ1) is 15.2. The van der Waals surface area contributed by atoms with Gasteiger partial charge in [-0.05, 0) is 56.2 Å². The largest absolute Gasteiger partial charge is 0.490 e. The molecule has 32 heavy (non-hydrogen) atoms. The predicted octanol–water partition coefficient (Wildman–Crippen LogP) is 3.76. The van der Waals surface area contributed by atoms with Crippen molar-refractivity contribution in [3.05, 3.63) is 52.5 Å². The van der Waals surface area contributed by atoms with Crippen LogP contribution in [0.2, 0.25) is 5.02 Å². The monoisotopic (exact) mass is 459 g/mol. The Bertz CT molecular complexity index is 1020. The molecule has 2 amide bonds. The molecule has 0 radical (unpaired) electrons. The van der Waals surface area contributed by atoms with Gasteiger partial charge >= 0.3 is 0 Å². The van der Waals surface area contributed by atoms with Crippen LogP contribution in [0, 0.1) is 5.92 Å². The molecule has 170 valence electrons. The van der Waals surface area contributed by atoms with Crippen molar-refractivity contribution in [3.8, 4) is 17.2 Å². The first kappa shape index (κ1) is 23.4. The molecule has 0 bridgehead atoms. The van der Waals surface area contributed by atoms with Gasteiger partial charge in [-0.3, -0.25) is 9.59 Å². The fraction of sp³-hybridized carbons (Fsp3) is 0.348. The van der Waals surface area contributed by atoms with Crippen LogP contribution in [0.5, 0.6) is 17.2 Å². The number of benzene rings is 2.